The third-order valence-corrected chi connectivity index (χ3v) is 12.5. The quantitative estimate of drug-likeness (QED) is 0.381. The minimum absolute atomic E-state index is 0.0594. The molecule has 2 aliphatic heterocycles. The van der Waals surface area contributed by atoms with Crippen LogP contribution in [0, 0.1) is 5.92 Å². The van der Waals surface area contributed by atoms with E-state index in [2.05, 4.69) is 15.4 Å². The first-order valence-electron chi connectivity index (χ1n) is 17.6. The summed E-state index contributed by atoms with van der Waals surface area (Å²) in [6, 6.07) is 5.67. The van der Waals surface area contributed by atoms with E-state index in [1.165, 1.54) is 4.90 Å². The Labute approximate surface area is 293 Å². The third-order valence-electron chi connectivity index (χ3n) is 10.3. The van der Waals surface area contributed by atoms with E-state index in [4.69, 9.17) is 9.47 Å². The molecule has 3 fully saturated rings. The number of allylic oxidation sites excluding steroid dienone is 1. The predicted molar refractivity (Wildman–Crippen MR) is 187 cm³/mol. The summed E-state index contributed by atoms with van der Waals surface area (Å²) in [5, 5.41) is 6.68. The highest BCUT2D eigenvalue weighted by Gasteiger charge is 2.63. The molecule has 4 amide bonds. The lowest BCUT2D eigenvalue weighted by atomic mass is 10.0. The van der Waals surface area contributed by atoms with Crippen LogP contribution in [0.4, 0.5) is 4.79 Å². The van der Waals surface area contributed by atoms with E-state index in [1.54, 1.807) is 27.7 Å². The number of amides is 4. The van der Waals surface area contributed by atoms with Crippen LogP contribution in [0.1, 0.15) is 85.5 Å². The first-order valence-corrected chi connectivity index (χ1v) is 19.1. The summed E-state index contributed by atoms with van der Waals surface area (Å²) in [5.74, 6) is -1.65. The smallest absolute Gasteiger partial charge is 0.408 e. The van der Waals surface area contributed by atoms with E-state index in [9.17, 15) is 27.6 Å². The summed E-state index contributed by atoms with van der Waals surface area (Å²) in [7, 11) is -2.03. The Hall–Kier alpha value is -4.07. The molecule has 4 aliphatic rings. The molecule has 1 saturated heterocycles. The minimum atomic E-state index is -3.96. The van der Waals surface area contributed by atoms with Gasteiger partial charge in [0.1, 0.15) is 35.1 Å². The summed E-state index contributed by atoms with van der Waals surface area (Å²) in [6.45, 7) is 6.87. The number of sulfonamides is 1. The van der Waals surface area contributed by atoms with Gasteiger partial charge in [-0.15, -0.1) is 0 Å². The molecule has 14 heteroatoms. The zero-order valence-corrected chi connectivity index (χ0v) is 30.3. The first kappa shape index (κ1) is 35.7. The van der Waals surface area contributed by atoms with Crippen molar-refractivity contribution in [2.24, 2.45) is 13.0 Å². The lowest BCUT2D eigenvalue weighted by molar-refractivity contribution is -0.141. The number of benzene rings is 1. The average molecular weight is 712 g/mol. The van der Waals surface area contributed by atoms with Gasteiger partial charge in [-0.2, -0.15) is 0 Å². The van der Waals surface area contributed by atoms with Crippen LogP contribution in [0.3, 0.4) is 0 Å². The monoisotopic (exact) mass is 711 g/mol. The summed E-state index contributed by atoms with van der Waals surface area (Å²) in [6.07, 6.45) is 9.01. The van der Waals surface area contributed by atoms with Gasteiger partial charge in [-0.1, -0.05) is 25.0 Å². The Morgan fingerprint density at radius 3 is 2.56 bits per heavy atom. The van der Waals surface area contributed by atoms with E-state index < -0.39 is 73.8 Å². The highest BCUT2D eigenvalue weighted by molar-refractivity contribution is 7.91. The molecule has 0 spiro atoms. The maximum atomic E-state index is 14.4. The van der Waals surface area contributed by atoms with Crippen molar-refractivity contribution in [3.05, 3.63) is 42.6 Å². The van der Waals surface area contributed by atoms with Crippen LogP contribution in [0.5, 0.6) is 5.75 Å². The summed E-state index contributed by atoms with van der Waals surface area (Å²) < 4.78 is 41.2. The Morgan fingerprint density at radius 2 is 1.84 bits per heavy atom. The Balaban J connectivity index is 1.29. The molecule has 0 radical (unpaired) electrons. The second kappa shape index (κ2) is 13.2. The fourth-order valence-electron chi connectivity index (χ4n) is 6.90. The molecule has 3 N–H and O–H groups in total. The van der Waals surface area contributed by atoms with Crippen molar-refractivity contribution in [1.82, 2.24) is 24.8 Å². The van der Waals surface area contributed by atoms with Gasteiger partial charge in [-0.05, 0) is 89.8 Å². The average Bonchev–Trinajstić information content (AvgIpc) is 3.86. The SMILES string of the molecule is Cn1ccc2ccc(O[C@@H]3C[C@H]4C(=O)N[C@]5(C(=O)NS(=O)(=O)C6(C)CC6)C[C@H]5C=CCCCCC[C@H](NC(=O)OC(C)(C)C)C(=O)N4C3)cc21. The molecule has 2 saturated carbocycles. The van der Waals surface area contributed by atoms with Gasteiger partial charge in [-0.25, -0.2) is 13.2 Å². The molecule has 0 bridgehead atoms. The zero-order chi connectivity index (χ0) is 36.1. The van der Waals surface area contributed by atoms with Crippen molar-refractivity contribution in [2.75, 3.05) is 6.54 Å². The van der Waals surface area contributed by atoms with Crippen LogP contribution in [-0.4, -0.2) is 82.3 Å². The van der Waals surface area contributed by atoms with Crippen LogP contribution in [0.15, 0.2) is 42.6 Å². The van der Waals surface area contributed by atoms with Crippen LogP contribution >= 0.6 is 0 Å². The molecule has 1 aromatic carbocycles. The van der Waals surface area contributed by atoms with Crippen LogP contribution in [0.25, 0.3) is 10.9 Å². The third kappa shape index (κ3) is 7.50. The van der Waals surface area contributed by atoms with E-state index in [0.717, 1.165) is 23.7 Å². The van der Waals surface area contributed by atoms with E-state index >= 15 is 0 Å². The van der Waals surface area contributed by atoms with Crippen LogP contribution in [0.2, 0.25) is 0 Å². The number of fused-ring (bicyclic) bond motifs is 3. The molecular weight excluding hydrogens is 662 g/mol. The number of nitrogens with one attached hydrogen (secondary N) is 3. The second-order valence-corrected chi connectivity index (χ2v) is 17.7. The van der Waals surface area contributed by atoms with E-state index in [0.29, 0.717) is 37.9 Å². The van der Waals surface area contributed by atoms with Crippen LogP contribution < -0.4 is 20.1 Å². The Morgan fingerprint density at radius 1 is 1.08 bits per heavy atom. The fourth-order valence-corrected chi connectivity index (χ4v) is 8.22. The molecule has 1 aromatic heterocycles. The van der Waals surface area contributed by atoms with Crippen molar-refractivity contribution in [3.63, 3.8) is 0 Å². The van der Waals surface area contributed by atoms with Gasteiger partial charge in [0.25, 0.3) is 5.91 Å². The first-order chi connectivity index (χ1) is 23.5. The van der Waals surface area contributed by atoms with Gasteiger partial charge in [0.05, 0.1) is 16.8 Å². The number of rotatable bonds is 6. The largest absolute Gasteiger partial charge is 0.488 e. The minimum Gasteiger partial charge on any atom is -0.488 e. The number of ether oxygens (including phenoxy) is 2. The molecule has 272 valence electrons. The lowest BCUT2D eigenvalue weighted by Crippen LogP contribution is -2.58. The maximum absolute atomic E-state index is 14.4. The normalized spacial score (nSPS) is 28.4. The van der Waals surface area contributed by atoms with E-state index in [1.807, 2.05) is 54.2 Å². The second-order valence-electron chi connectivity index (χ2n) is 15.5. The highest BCUT2D eigenvalue weighted by atomic mass is 32.2. The summed E-state index contributed by atoms with van der Waals surface area (Å²) >= 11 is 0. The molecule has 2 aromatic rings. The van der Waals surface area contributed by atoms with Gasteiger partial charge in [0.2, 0.25) is 21.8 Å². The number of nitrogens with zero attached hydrogens (tertiary/aromatic N) is 2. The maximum Gasteiger partial charge on any atom is 0.408 e. The number of carbonyl (C=O) groups is 4. The number of carbonyl (C=O) groups excluding carboxylic acids is 4. The van der Waals surface area contributed by atoms with Crippen LogP contribution in [-0.2, 0) is 36.2 Å². The van der Waals surface area contributed by atoms with Crippen molar-refractivity contribution >= 4 is 44.7 Å². The Kier molecular flexibility index (Phi) is 9.46. The molecule has 0 unspecified atom stereocenters. The molecule has 50 heavy (non-hydrogen) atoms. The number of hydrogen-bond donors (Lipinski definition) is 3. The van der Waals surface area contributed by atoms with Gasteiger partial charge in [0.15, 0.2) is 0 Å². The summed E-state index contributed by atoms with van der Waals surface area (Å²) in [4.78, 5) is 56.7. The molecule has 2 aliphatic carbocycles. The van der Waals surface area contributed by atoms with Crippen molar-refractivity contribution < 1.29 is 37.1 Å². The summed E-state index contributed by atoms with van der Waals surface area (Å²) in [5.41, 5.74) is -1.30. The Bertz CT molecular complexity index is 1810. The van der Waals surface area contributed by atoms with Gasteiger partial charge >= 0.3 is 6.09 Å². The highest BCUT2D eigenvalue weighted by Crippen LogP contribution is 2.47. The molecule has 3 heterocycles. The lowest BCUT2D eigenvalue weighted by Gasteiger charge is -2.30. The topological polar surface area (TPSA) is 165 Å². The zero-order valence-electron chi connectivity index (χ0n) is 29.5. The van der Waals surface area contributed by atoms with E-state index in [-0.39, 0.29) is 19.4 Å². The number of hydrogen-bond acceptors (Lipinski definition) is 8. The van der Waals surface area contributed by atoms with Gasteiger partial charge in [-0.3, -0.25) is 19.1 Å². The van der Waals surface area contributed by atoms with Crippen molar-refractivity contribution in [3.8, 4) is 5.75 Å². The number of alkyl carbamates (subject to hydrolysis) is 1. The molecule has 6 rings (SSSR count). The fraction of sp³-hybridized carbons (Fsp3) is 0.611. The number of aryl methyl sites for hydroxylation is 1. The molecule has 13 nitrogen and oxygen atoms in total. The van der Waals surface area contributed by atoms with Crippen molar-refractivity contribution in [2.45, 2.75) is 120 Å². The standard InChI is InChI=1S/C36H49N5O8S/c1-34(2,3)49-33(45)37-27-12-10-8-6-7-9-11-24-21-36(24,32(44)39-50(46,47)35(4)16-17-35)38-30(42)29-20-26(22-41(29)31(27)43)48-25-14-13-23-15-18-40(5)28(23)19-25/h9,11,13-15,18-19,24,26-27,29H,6-8,10,12,16-17,20-22H2,1-5H3,(H,37,45)(H,38,42)(H,39,44)/t24-,26-,27+,29+,36-/m1/s1. The predicted octanol–water partition coefficient (Wildman–Crippen LogP) is 3.81. The number of aromatic nitrogens is 1. The molecule has 5 atom stereocenters. The van der Waals surface area contributed by atoms with Gasteiger partial charge in [0, 0.05) is 31.6 Å². The molecular formula is C36H49N5O8S. The van der Waals surface area contributed by atoms with Crippen molar-refractivity contribution in [1.29, 1.82) is 0 Å². The van der Waals surface area contributed by atoms with Gasteiger partial charge < -0.3 is 29.6 Å².